The lowest BCUT2D eigenvalue weighted by Crippen LogP contribution is -2.23. The molecule has 34 heavy (non-hydrogen) atoms. The molecule has 0 fully saturated rings. The summed E-state index contributed by atoms with van der Waals surface area (Å²) in [4.78, 5) is 29.7. The fourth-order valence-corrected chi connectivity index (χ4v) is 4.23. The standard InChI is InChI=1S/C26H31N5O3/c1-2-34-23(32)17-28-25-24(20-9-4-3-5-10-20)30-22-14-21(11-12-31(22)25)26(33)29-16-19-8-6-7-18(13-19)15-27/h3-4,6-8,11-14,20,28H,2,5,9-10,15-17,27H2,1H3,(H,29,33). The molecule has 1 unspecified atom stereocenters. The zero-order chi connectivity index (χ0) is 23.9. The molecule has 1 amide bonds. The van der Waals surface area contributed by atoms with Gasteiger partial charge in [0, 0.05) is 30.8 Å². The van der Waals surface area contributed by atoms with E-state index in [1.54, 1.807) is 19.1 Å². The lowest BCUT2D eigenvalue weighted by Gasteiger charge is -2.17. The number of hydrogen-bond acceptors (Lipinski definition) is 6. The highest BCUT2D eigenvalue weighted by molar-refractivity contribution is 5.95. The quantitative estimate of drug-likeness (QED) is 0.332. The molecule has 0 saturated heterocycles. The van der Waals surface area contributed by atoms with Crippen molar-refractivity contribution in [3.8, 4) is 0 Å². The first-order valence-corrected chi connectivity index (χ1v) is 11.7. The summed E-state index contributed by atoms with van der Waals surface area (Å²) in [5.41, 5.74) is 9.83. The first kappa shape index (κ1) is 23.5. The molecular formula is C26H31N5O3. The molecule has 3 aromatic rings. The van der Waals surface area contributed by atoms with E-state index in [4.69, 9.17) is 15.5 Å². The maximum Gasteiger partial charge on any atom is 0.325 e. The zero-order valence-corrected chi connectivity index (χ0v) is 19.4. The van der Waals surface area contributed by atoms with Gasteiger partial charge < -0.3 is 21.1 Å². The SMILES string of the molecule is CCOC(=O)CNc1c(C2CC=CCC2)nc2cc(C(=O)NCc3cccc(CN)c3)ccn12. The number of allylic oxidation sites excluding steroid dienone is 2. The number of rotatable bonds is 9. The molecule has 2 heterocycles. The van der Waals surface area contributed by atoms with E-state index in [-0.39, 0.29) is 24.3 Å². The average molecular weight is 462 g/mol. The van der Waals surface area contributed by atoms with Gasteiger partial charge in [0.2, 0.25) is 0 Å². The highest BCUT2D eigenvalue weighted by Gasteiger charge is 2.23. The van der Waals surface area contributed by atoms with Crippen LogP contribution in [0, 0.1) is 0 Å². The van der Waals surface area contributed by atoms with Crippen LogP contribution in [-0.4, -0.2) is 34.4 Å². The van der Waals surface area contributed by atoms with Crippen LogP contribution >= 0.6 is 0 Å². The lowest BCUT2D eigenvalue weighted by atomic mass is 9.91. The number of nitrogens with two attached hydrogens (primary N) is 1. The summed E-state index contributed by atoms with van der Waals surface area (Å²) >= 11 is 0. The van der Waals surface area contributed by atoms with Crippen molar-refractivity contribution in [1.29, 1.82) is 0 Å². The Morgan fingerprint density at radius 3 is 2.82 bits per heavy atom. The van der Waals surface area contributed by atoms with Crippen molar-refractivity contribution in [2.24, 2.45) is 5.73 Å². The predicted octanol–water partition coefficient (Wildman–Crippen LogP) is 3.52. The molecule has 0 saturated carbocycles. The van der Waals surface area contributed by atoms with Gasteiger partial charge in [-0.2, -0.15) is 0 Å². The number of aromatic nitrogens is 2. The maximum absolute atomic E-state index is 12.8. The van der Waals surface area contributed by atoms with Gasteiger partial charge in [0.05, 0.1) is 12.3 Å². The van der Waals surface area contributed by atoms with E-state index in [1.807, 2.05) is 34.9 Å². The van der Waals surface area contributed by atoms with Gasteiger partial charge in [0.25, 0.3) is 5.91 Å². The van der Waals surface area contributed by atoms with Gasteiger partial charge in [-0.3, -0.25) is 14.0 Å². The molecule has 0 spiro atoms. The second-order valence-corrected chi connectivity index (χ2v) is 8.34. The number of benzene rings is 1. The van der Waals surface area contributed by atoms with Crippen molar-refractivity contribution in [2.45, 2.75) is 45.2 Å². The van der Waals surface area contributed by atoms with E-state index < -0.39 is 0 Å². The number of carbonyl (C=O) groups is 2. The van der Waals surface area contributed by atoms with Crippen molar-refractivity contribution in [1.82, 2.24) is 14.7 Å². The monoisotopic (exact) mass is 461 g/mol. The third-order valence-electron chi connectivity index (χ3n) is 5.96. The van der Waals surface area contributed by atoms with Crippen LogP contribution in [0.15, 0.2) is 54.7 Å². The van der Waals surface area contributed by atoms with E-state index in [2.05, 4.69) is 22.8 Å². The summed E-state index contributed by atoms with van der Waals surface area (Å²) < 4.78 is 6.96. The van der Waals surface area contributed by atoms with Gasteiger partial charge in [0.1, 0.15) is 18.0 Å². The summed E-state index contributed by atoms with van der Waals surface area (Å²) in [6, 6.07) is 11.4. The van der Waals surface area contributed by atoms with E-state index in [0.29, 0.717) is 30.9 Å². The summed E-state index contributed by atoms with van der Waals surface area (Å²) in [7, 11) is 0. The van der Waals surface area contributed by atoms with Crippen molar-refractivity contribution >= 4 is 23.3 Å². The van der Waals surface area contributed by atoms with E-state index in [0.717, 1.165) is 41.9 Å². The Labute approximate surface area is 199 Å². The number of anilines is 1. The lowest BCUT2D eigenvalue weighted by molar-refractivity contribution is -0.140. The Morgan fingerprint density at radius 2 is 2.06 bits per heavy atom. The van der Waals surface area contributed by atoms with Crippen LogP contribution < -0.4 is 16.4 Å². The molecule has 178 valence electrons. The van der Waals surface area contributed by atoms with E-state index >= 15 is 0 Å². The topological polar surface area (TPSA) is 111 Å². The third kappa shape index (κ3) is 5.46. The molecule has 1 aliphatic rings. The average Bonchev–Trinajstić information content (AvgIpc) is 3.24. The fourth-order valence-electron chi connectivity index (χ4n) is 4.23. The van der Waals surface area contributed by atoms with E-state index in [9.17, 15) is 9.59 Å². The minimum absolute atomic E-state index is 0.0568. The second-order valence-electron chi connectivity index (χ2n) is 8.34. The van der Waals surface area contributed by atoms with Crippen LogP contribution in [0.5, 0.6) is 0 Å². The summed E-state index contributed by atoms with van der Waals surface area (Å²) in [5.74, 6) is 0.532. The Kier molecular flexibility index (Phi) is 7.59. The molecule has 8 heteroatoms. The first-order valence-electron chi connectivity index (χ1n) is 11.7. The Morgan fingerprint density at radius 1 is 1.21 bits per heavy atom. The van der Waals surface area contributed by atoms with Crippen molar-refractivity contribution in [3.05, 3.63) is 77.1 Å². The Bertz CT molecular complexity index is 1200. The summed E-state index contributed by atoms with van der Waals surface area (Å²) in [6.45, 7) is 3.06. The highest BCUT2D eigenvalue weighted by Crippen LogP contribution is 2.34. The number of nitrogens with one attached hydrogen (secondary N) is 2. The number of ether oxygens (including phenoxy) is 1. The number of hydrogen-bond donors (Lipinski definition) is 3. The number of esters is 1. The molecule has 8 nitrogen and oxygen atoms in total. The van der Waals surface area contributed by atoms with Crippen molar-refractivity contribution < 1.29 is 14.3 Å². The molecule has 0 radical (unpaired) electrons. The molecule has 0 aliphatic heterocycles. The molecule has 1 aliphatic carbocycles. The largest absolute Gasteiger partial charge is 0.465 e. The number of carbonyl (C=O) groups excluding carboxylic acids is 2. The molecular weight excluding hydrogens is 430 g/mol. The molecule has 2 aromatic heterocycles. The minimum Gasteiger partial charge on any atom is -0.465 e. The first-order chi connectivity index (χ1) is 16.6. The van der Waals surface area contributed by atoms with Gasteiger partial charge >= 0.3 is 5.97 Å². The molecule has 4 rings (SSSR count). The molecule has 0 bridgehead atoms. The third-order valence-corrected chi connectivity index (χ3v) is 5.96. The predicted molar refractivity (Wildman–Crippen MR) is 132 cm³/mol. The van der Waals surface area contributed by atoms with Gasteiger partial charge in [-0.25, -0.2) is 4.98 Å². The van der Waals surface area contributed by atoms with E-state index in [1.165, 1.54) is 0 Å². The van der Waals surface area contributed by atoms with Crippen molar-refractivity contribution in [2.75, 3.05) is 18.5 Å². The Hall–Kier alpha value is -3.65. The van der Waals surface area contributed by atoms with Crippen LogP contribution in [0.3, 0.4) is 0 Å². The number of nitrogens with zero attached hydrogens (tertiary/aromatic N) is 2. The van der Waals surface area contributed by atoms with Gasteiger partial charge in [-0.15, -0.1) is 0 Å². The van der Waals surface area contributed by atoms with Crippen LogP contribution in [0.25, 0.3) is 5.65 Å². The number of fused-ring (bicyclic) bond motifs is 1. The summed E-state index contributed by atoms with van der Waals surface area (Å²) in [5, 5.41) is 6.18. The molecule has 1 aromatic carbocycles. The normalized spacial score (nSPS) is 15.3. The van der Waals surface area contributed by atoms with Crippen molar-refractivity contribution in [3.63, 3.8) is 0 Å². The van der Waals surface area contributed by atoms with Gasteiger partial charge in [0.15, 0.2) is 0 Å². The van der Waals surface area contributed by atoms with Crippen LogP contribution in [0.4, 0.5) is 5.82 Å². The van der Waals surface area contributed by atoms with Crippen LogP contribution in [0.2, 0.25) is 0 Å². The number of amides is 1. The zero-order valence-electron chi connectivity index (χ0n) is 19.4. The second kappa shape index (κ2) is 11.0. The molecule has 4 N–H and O–H groups in total. The Balaban J connectivity index is 1.56. The maximum atomic E-state index is 12.8. The number of pyridine rings is 1. The summed E-state index contributed by atoms with van der Waals surface area (Å²) in [6.07, 6.45) is 9.06. The smallest absolute Gasteiger partial charge is 0.325 e. The van der Waals surface area contributed by atoms with Crippen LogP contribution in [-0.2, 0) is 22.6 Å². The highest BCUT2D eigenvalue weighted by atomic mass is 16.5. The van der Waals surface area contributed by atoms with Gasteiger partial charge in [-0.05, 0) is 49.4 Å². The van der Waals surface area contributed by atoms with Gasteiger partial charge in [-0.1, -0.05) is 36.4 Å². The minimum atomic E-state index is -0.318. The van der Waals surface area contributed by atoms with Crippen LogP contribution in [0.1, 0.15) is 59.3 Å². The fraction of sp³-hybridized carbons (Fsp3) is 0.346. The molecule has 1 atom stereocenters. The number of imidazole rings is 1.